The van der Waals surface area contributed by atoms with Crippen LogP contribution in [0.1, 0.15) is 5.82 Å². The van der Waals surface area contributed by atoms with Gasteiger partial charge in [-0.1, -0.05) is 11.2 Å². The molecule has 17 nitrogen and oxygen atoms in total. The Kier molecular flexibility index (Phi) is 8.95. The minimum Gasteiger partial charge on any atom is -0.543 e. The maximum atomic E-state index is 13.0. The lowest BCUT2D eigenvalue weighted by atomic mass is 10.0. The summed E-state index contributed by atoms with van der Waals surface area (Å²) in [7, 11) is -1.80. The van der Waals surface area contributed by atoms with E-state index in [4.69, 9.17) is 21.0 Å². The molecule has 1 aromatic rings. The van der Waals surface area contributed by atoms with Crippen LogP contribution in [0.15, 0.2) is 28.6 Å². The molecule has 0 saturated carbocycles. The Bertz CT molecular complexity index is 1470. The highest BCUT2D eigenvalue weighted by Gasteiger charge is 2.53. The van der Waals surface area contributed by atoms with Crippen LogP contribution in [0.25, 0.3) is 0 Å². The molecular weight excluding hydrogens is 600 g/mol. The number of likely N-dealkylation sites (N-methyl/N-ethyl adjacent to an activating group) is 1. The molecule has 4 heterocycles. The maximum absolute atomic E-state index is 13.0. The second-order valence-electron chi connectivity index (χ2n) is 9.45. The van der Waals surface area contributed by atoms with Crippen molar-refractivity contribution in [1.82, 2.24) is 23.9 Å². The summed E-state index contributed by atoms with van der Waals surface area (Å²) >= 11 is 2.06. The van der Waals surface area contributed by atoms with E-state index < -0.39 is 51.7 Å². The Labute approximate surface area is 243 Å². The Balaban J connectivity index is 1.44. The fourth-order valence-electron chi connectivity index (χ4n) is 4.43. The molecule has 0 radical (unpaired) electrons. The van der Waals surface area contributed by atoms with E-state index in [9.17, 15) is 27.9 Å². The van der Waals surface area contributed by atoms with E-state index in [1.165, 1.54) is 16.1 Å². The second-order valence-corrected chi connectivity index (χ2v) is 12.9. The van der Waals surface area contributed by atoms with Crippen molar-refractivity contribution in [3.05, 3.63) is 29.2 Å². The van der Waals surface area contributed by atoms with Gasteiger partial charge in [0.15, 0.2) is 5.13 Å². The van der Waals surface area contributed by atoms with Gasteiger partial charge in [0.05, 0.1) is 51.4 Å². The van der Waals surface area contributed by atoms with Gasteiger partial charge in [0.2, 0.25) is 18.1 Å². The molecule has 5 N–H and O–H groups in total. The maximum Gasteiger partial charge on any atom is 0.278 e. The van der Waals surface area contributed by atoms with Crippen LogP contribution in [0.2, 0.25) is 0 Å². The number of carbonyl (C=O) groups is 3. The molecule has 2 atom stereocenters. The molecule has 3 aliphatic heterocycles. The topological polar surface area (TPSA) is 250 Å². The highest BCUT2D eigenvalue weighted by atomic mass is 32.2. The number of aromatic nitrogens is 2. The number of carboxylic acids is 1. The van der Waals surface area contributed by atoms with Gasteiger partial charge in [-0.05, 0) is 11.6 Å². The predicted molar refractivity (Wildman–Crippen MR) is 144 cm³/mol. The molecule has 220 valence electrons. The molecular formula is C21H26N10O7S3. The van der Waals surface area contributed by atoms with Crippen LogP contribution >= 0.6 is 23.3 Å². The molecule has 1 aromatic heterocycles. The van der Waals surface area contributed by atoms with E-state index in [2.05, 4.69) is 19.8 Å². The van der Waals surface area contributed by atoms with Crippen molar-refractivity contribution in [2.75, 3.05) is 57.9 Å². The number of aliphatic carboxylic acids is 1. The lowest BCUT2D eigenvalue weighted by Gasteiger charge is -2.50. The number of rotatable bonds is 10. The number of carboxylic acid groups (broad SMARTS) is 1. The number of nitrogens with two attached hydrogens (primary N) is 2. The molecule has 20 heteroatoms. The lowest BCUT2D eigenvalue weighted by Crippen LogP contribution is -2.71. The first-order valence-corrected chi connectivity index (χ1v) is 15.3. The third-order valence-electron chi connectivity index (χ3n) is 6.63. The Morgan fingerprint density at radius 1 is 1.39 bits per heavy atom. The van der Waals surface area contributed by atoms with Crippen LogP contribution in [0.4, 0.5) is 5.13 Å². The zero-order valence-corrected chi connectivity index (χ0v) is 24.1. The zero-order chi connectivity index (χ0) is 29.9. The van der Waals surface area contributed by atoms with Crippen LogP contribution < -0.4 is 21.3 Å². The highest BCUT2D eigenvalue weighted by molar-refractivity contribution is 8.00. The number of oxime groups is 1. The monoisotopic (exact) mass is 626 g/mol. The summed E-state index contributed by atoms with van der Waals surface area (Å²) in [4.78, 5) is 47.8. The number of allylic oxidation sites excluding steroid dienone is 1. The number of fused-ring (bicyclic) bond motifs is 1. The third kappa shape index (κ3) is 6.66. The number of hydrogen-bond donors (Lipinski definition) is 3. The fourth-order valence-corrected chi connectivity index (χ4v) is 6.85. The fraction of sp³-hybridized carbons (Fsp3) is 0.476. The summed E-state index contributed by atoms with van der Waals surface area (Å²) in [5, 5.41) is 31.4. The van der Waals surface area contributed by atoms with Crippen molar-refractivity contribution in [2.45, 2.75) is 11.4 Å². The number of nitrogens with one attached hydrogen (secondary N) is 1. The first kappa shape index (κ1) is 30.4. The first-order chi connectivity index (χ1) is 19.3. The molecule has 4 rings (SSSR count). The van der Waals surface area contributed by atoms with Gasteiger partial charge in [0.1, 0.15) is 17.5 Å². The van der Waals surface area contributed by atoms with Gasteiger partial charge in [0, 0.05) is 17.3 Å². The van der Waals surface area contributed by atoms with E-state index >= 15 is 0 Å². The number of piperazine rings is 1. The number of amides is 2. The molecule has 0 unspecified atom stereocenters. The first-order valence-electron chi connectivity index (χ1n) is 12.0. The van der Waals surface area contributed by atoms with Crippen molar-refractivity contribution in [3.8, 4) is 6.07 Å². The summed E-state index contributed by atoms with van der Waals surface area (Å²) in [6, 6.07) is 0.619. The summed E-state index contributed by atoms with van der Waals surface area (Å²) in [5.41, 5.74) is 5.26. The van der Waals surface area contributed by atoms with Crippen molar-refractivity contribution >= 4 is 62.1 Å². The van der Waals surface area contributed by atoms with Gasteiger partial charge in [-0.2, -0.15) is 27.3 Å². The van der Waals surface area contributed by atoms with Gasteiger partial charge >= 0.3 is 0 Å². The summed E-state index contributed by atoms with van der Waals surface area (Å²) in [6.45, 7) is 1.62. The van der Waals surface area contributed by atoms with E-state index in [1.807, 2.05) is 7.05 Å². The van der Waals surface area contributed by atoms with Crippen LogP contribution in [0, 0.1) is 11.3 Å². The number of β-lactam (4-membered cyclic amide) rings is 1. The van der Waals surface area contributed by atoms with Crippen LogP contribution in [0.5, 0.6) is 0 Å². The zero-order valence-electron chi connectivity index (χ0n) is 21.6. The average molecular weight is 627 g/mol. The van der Waals surface area contributed by atoms with E-state index in [0.717, 1.165) is 16.4 Å². The number of carbonyl (C=O) groups excluding carboxylic acids is 3. The van der Waals surface area contributed by atoms with Gasteiger partial charge < -0.3 is 30.3 Å². The molecule has 2 fully saturated rings. The third-order valence-corrected chi connectivity index (χ3v) is 9.56. The normalized spacial score (nSPS) is 23.1. The van der Waals surface area contributed by atoms with E-state index in [-0.39, 0.29) is 35.5 Å². The van der Waals surface area contributed by atoms with Crippen molar-refractivity contribution in [3.63, 3.8) is 0 Å². The molecule has 0 bridgehead atoms. The predicted octanol–water partition coefficient (Wildman–Crippen LogP) is -3.71. The van der Waals surface area contributed by atoms with E-state index in [1.54, 1.807) is 18.2 Å². The van der Waals surface area contributed by atoms with Crippen molar-refractivity contribution < 1.29 is 37.2 Å². The summed E-state index contributed by atoms with van der Waals surface area (Å²) in [6.07, 6.45) is 3.41. The number of hydrogen-bond acceptors (Lipinski definition) is 14. The Morgan fingerprint density at radius 3 is 2.68 bits per heavy atom. The van der Waals surface area contributed by atoms with Gasteiger partial charge in [0.25, 0.3) is 22.0 Å². The Morgan fingerprint density at radius 2 is 2.10 bits per heavy atom. The largest absolute Gasteiger partial charge is 0.543 e. The SMILES string of the molecule is C[N+]1(C/C=C/C2=C(C(=O)[O-])N3C(=O)[C@@H](NC(=O)/C(=N\OCC#N)c4nsc(N)n4)[C@@H]3SC2)CCN(S(N)(=O)=O)CC1. The van der Waals surface area contributed by atoms with E-state index in [0.29, 0.717) is 29.7 Å². The average Bonchev–Trinajstić information content (AvgIpc) is 3.34. The molecule has 2 amide bonds. The quantitative estimate of drug-likeness (QED) is 0.0746. The van der Waals surface area contributed by atoms with Gasteiger partial charge in [-0.3, -0.25) is 14.5 Å². The molecule has 3 aliphatic rings. The standard InChI is InChI=1S/C21H26N10O7S3/c1-31(8-5-29(6-9-31)41(24,36)37)7-2-3-12-11-39-19-14(18(33)30(19)15(12)20(34)35)25-17(32)13(27-38-10-4-22)16-26-21(23)40-28-16/h2-3,14,19H,5-11H2,1H3,(H5-,23,24,25,26,28,32,34,35,36,37)/b3-2+,27-13-/t14-,19+/m1/s1. The number of nitrogens with zero attached hydrogens (tertiary/aromatic N) is 7. The number of nitrogen functional groups attached to an aromatic ring is 1. The van der Waals surface area contributed by atoms with Crippen LogP contribution in [-0.4, -0.2) is 119 Å². The number of anilines is 1. The van der Waals surface area contributed by atoms with Crippen LogP contribution in [0.3, 0.4) is 0 Å². The number of quaternary nitrogens is 1. The number of thioether (sulfide) groups is 1. The molecule has 0 aliphatic carbocycles. The molecule has 41 heavy (non-hydrogen) atoms. The number of nitriles is 1. The smallest absolute Gasteiger partial charge is 0.278 e. The van der Waals surface area contributed by atoms with Crippen molar-refractivity contribution in [1.29, 1.82) is 5.26 Å². The summed E-state index contributed by atoms with van der Waals surface area (Å²) in [5.74, 6) is -3.01. The summed E-state index contributed by atoms with van der Waals surface area (Å²) < 4.78 is 28.8. The van der Waals surface area contributed by atoms with Crippen molar-refractivity contribution in [2.24, 2.45) is 10.3 Å². The minimum absolute atomic E-state index is 0.0561. The van der Waals surface area contributed by atoms with Gasteiger partial charge in [-0.25, -0.2) is 5.14 Å². The molecule has 2 saturated heterocycles. The lowest BCUT2D eigenvalue weighted by molar-refractivity contribution is -0.907. The highest BCUT2D eigenvalue weighted by Crippen LogP contribution is 2.40. The molecule has 0 spiro atoms. The second kappa shape index (κ2) is 12.1. The van der Waals surface area contributed by atoms with Gasteiger partial charge in [-0.15, -0.1) is 11.8 Å². The molecule has 0 aromatic carbocycles. The minimum atomic E-state index is -3.75. The van der Waals surface area contributed by atoms with Crippen LogP contribution in [-0.2, 0) is 29.4 Å². The Hall–Kier alpha value is -3.61.